The van der Waals surface area contributed by atoms with Gasteiger partial charge in [0.2, 0.25) is 0 Å². The fraction of sp³-hybridized carbons (Fsp3) is 0.353. The van der Waals surface area contributed by atoms with Crippen LogP contribution in [0.3, 0.4) is 0 Å². The minimum atomic E-state index is -4.81. The Morgan fingerprint density at radius 1 is 1.29 bits per heavy atom. The number of rotatable bonds is 4. The van der Waals surface area contributed by atoms with Gasteiger partial charge in [-0.05, 0) is 25.1 Å². The molecule has 28 heavy (non-hydrogen) atoms. The van der Waals surface area contributed by atoms with Crippen molar-refractivity contribution in [2.75, 3.05) is 6.61 Å². The number of carbonyl (C=O) groups is 1. The van der Waals surface area contributed by atoms with Gasteiger partial charge in [0.1, 0.15) is 17.1 Å². The van der Waals surface area contributed by atoms with Gasteiger partial charge in [-0.1, -0.05) is 28.4 Å². The lowest BCUT2D eigenvalue weighted by Crippen LogP contribution is -2.42. The van der Waals surface area contributed by atoms with Crippen LogP contribution in [0.5, 0.6) is 0 Å². The van der Waals surface area contributed by atoms with Gasteiger partial charge in [0.25, 0.3) is 5.60 Å². The van der Waals surface area contributed by atoms with E-state index in [0.29, 0.717) is 0 Å². The summed E-state index contributed by atoms with van der Waals surface area (Å²) in [7, 11) is 1.47. The van der Waals surface area contributed by atoms with E-state index in [1.807, 2.05) is 0 Å². The maximum absolute atomic E-state index is 14.0. The highest BCUT2D eigenvalue weighted by Gasteiger charge is 2.62. The molecule has 3 rings (SSSR count). The second-order valence-electron chi connectivity index (χ2n) is 6.05. The van der Waals surface area contributed by atoms with Crippen molar-refractivity contribution in [1.82, 2.24) is 9.78 Å². The predicted molar refractivity (Wildman–Crippen MR) is 95.6 cm³/mol. The minimum absolute atomic E-state index is 0.0330. The van der Waals surface area contributed by atoms with Gasteiger partial charge in [-0.15, -0.1) is 0 Å². The molecule has 1 aliphatic rings. The SMILES string of the molecule is CCOC(=O)c1cc(C2=NOC(c3cc(Cl)cc(Cl)c3)(C(F)(F)F)C2)nn1C. The first kappa shape index (κ1) is 20.5. The number of oxime groups is 1. The molecule has 150 valence electrons. The Morgan fingerprint density at radius 2 is 1.93 bits per heavy atom. The topological polar surface area (TPSA) is 65.7 Å². The van der Waals surface area contributed by atoms with E-state index in [1.165, 1.54) is 23.9 Å². The van der Waals surface area contributed by atoms with Crippen molar-refractivity contribution < 1.29 is 27.5 Å². The number of hydrogen-bond donors (Lipinski definition) is 0. The van der Waals surface area contributed by atoms with E-state index >= 15 is 0 Å². The number of aromatic nitrogens is 2. The van der Waals surface area contributed by atoms with E-state index in [1.54, 1.807) is 6.92 Å². The second-order valence-corrected chi connectivity index (χ2v) is 6.92. The van der Waals surface area contributed by atoms with Gasteiger partial charge in [-0.25, -0.2) is 4.79 Å². The molecule has 0 saturated carbocycles. The number of aryl methyl sites for hydroxylation is 1. The minimum Gasteiger partial charge on any atom is -0.461 e. The van der Waals surface area contributed by atoms with E-state index in [4.69, 9.17) is 32.8 Å². The lowest BCUT2D eigenvalue weighted by molar-refractivity contribution is -0.275. The molecular formula is C17H14Cl2F3N3O3. The van der Waals surface area contributed by atoms with Crippen molar-refractivity contribution in [3.05, 3.63) is 51.3 Å². The molecule has 1 aliphatic heterocycles. The first-order chi connectivity index (χ1) is 13.1. The summed E-state index contributed by atoms with van der Waals surface area (Å²) in [5, 5.41) is 7.73. The van der Waals surface area contributed by atoms with Crippen LogP contribution in [0.25, 0.3) is 0 Å². The van der Waals surface area contributed by atoms with Crippen LogP contribution in [0.4, 0.5) is 13.2 Å². The molecule has 1 aromatic carbocycles. The first-order valence-corrected chi connectivity index (χ1v) is 8.83. The molecule has 0 fully saturated rings. The molecule has 0 N–H and O–H groups in total. The highest BCUT2D eigenvalue weighted by Crippen LogP contribution is 2.49. The number of ether oxygens (including phenoxy) is 1. The van der Waals surface area contributed by atoms with Crippen LogP contribution < -0.4 is 0 Å². The van der Waals surface area contributed by atoms with Crippen LogP contribution in [0.2, 0.25) is 10.0 Å². The largest absolute Gasteiger partial charge is 0.461 e. The number of hydrogen-bond acceptors (Lipinski definition) is 5. The lowest BCUT2D eigenvalue weighted by atomic mass is 9.87. The summed E-state index contributed by atoms with van der Waals surface area (Å²) in [6.45, 7) is 1.79. The summed E-state index contributed by atoms with van der Waals surface area (Å²) in [5.74, 6) is -0.646. The van der Waals surface area contributed by atoms with Crippen LogP contribution >= 0.6 is 23.2 Å². The van der Waals surface area contributed by atoms with Crippen LogP contribution in [-0.4, -0.2) is 34.2 Å². The molecule has 6 nitrogen and oxygen atoms in total. The Balaban J connectivity index is 1.98. The molecule has 2 heterocycles. The molecule has 0 bridgehead atoms. The van der Waals surface area contributed by atoms with Crippen molar-refractivity contribution in [3.63, 3.8) is 0 Å². The van der Waals surface area contributed by atoms with Crippen LogP contribution in [0.1, 0.15) is 35.1 Å². The van der Waals surface area contributed by atoms with Crippen molar-refractivity contribution >= 4 is 34.9 Å². The van der Waals surface area contributed by atoms with Gasteiger partial charge < -0.3 is 9.57 Å². The summed E-state index contributed by atoms with van der Waals surface area (Å²) in [6, 6.07) is 4.87. The maximum Gasteiger partial charge on any atom is 0.435 e. The van der Waals surface area contributed by atoms with Gasteiger partial charge in [-0.3, -0.25) is 4.68 Å². The smallest absolute Gasteiger partial charge is 0.435 e. The summed E-state index contributed by atoms with van der Waals surface area (Å²) in [6.07, 6.45) is -5.47. The molecule has 0 amide bonds. The summed E-state index contributed by atoms with van der Waals surface area (Å²) in [5.41, 5.74) is -2.96. The van der Waals surface area contributed by atoms with Crippen molar-refractivity contribution in [1.29, 1.82) is 0 Å². The molecular weight excluding hydrogens is 422 g/mol. The average molecular weight is 436 g/mol. The second kappa shape index (κ2) is 7.29. The van der Waals surface area contributed by atoms with E-state index in [0.717, 1.165) is 12.1 Å². The Hall–Kier alpha value is -2.26. The van der Waals surface area contributed by atoms with E-state index < -0.39 is 24.2 Å². The number of esters is 1. The summed E-state index contributed by atoms with van der Waals surface area (Å²) >= 11 is 11.7. The Kier molecular flexibility index (Phi) is 5.33. The fourth-order valence-electron chi connectivity index (χ4n) is 2.83. The van der Waals surface area contributed by atoms with E-state index in [9.17, 15) is 18.0 Å². The third kappa shape index (κ3) is 3.56. The average Bonchev–Trinajstić information content (AvgIpc) is 3.18. The predicted octanol–water partition coefficient (Wildman–Crippen LogP) is 4.49. The number of alkyl halides is 3. The Bertz CT molecular complexity index is 939. The van der Waals surface area contributed by atoms with Gasteiger partial charge >= 0.3 is 12.1 Å². The first-order valence-electron chi connectivity index (χ1n) is 8.07. The molecule has 0 radical (unpaired) electrons. The number of carbonyl (C=O) groups excluding carboxylic acids is 1. The zero-order valence-electron chi connectivity index (χ0n) is 14.7. The number of halogens is 5. The molecule has 11 heteroatoms. The molecule has 1 atom stereocenters. The number of benzene rings is 1. The van der Waals surface area contributed by atoms with Crippen LogP contribution in [0, 0.1) is 0 Å². The lowest BCUT2D eigenvalue weighted by Gasteiger charge is -2.29. The Morgan fingerprint density at radius 3 is 2.50 bits per heavy atom. The third-order valence-corrected chi connectivity index (χ3v) is 4.61. The van der Waals surface area contributed by atoms with E-state index in [2.05, 4.69) is 10.3 Å². The standard InChI is InChI=1S/C17H14Cl2F3N3O3/c1-3-27-15(26)14-7-12(23-25(14)2)13-8-16(28-24-13,17(20,21)22)9-4-10(18)6-11(19)5-9/h4-7H,3,8H2,1-2H3. The Labute approximate surface area is 167 Å². The van der Waals surface area contributed by atoms with Gasteiger partial charge in [0.05, 0.1) is 13.0 Å². The van der Waals surface area contributed by atoms with Crippen molar-refractivity contribution in [2.24, 2.45) is 12.2 Å². The molecule has 1 aromatic heterocycles. The summed E-state index contributed by atoms with van der Waals surface area (Å²) < 4.78 is 48.1. The summed E-state index contributed by atoms with van der Waals surface area (Å²) in [4.78, 5) is 16.8. The zero-order chi connectivity index (χ0) is 20.7. The molecule has 0 spiro atoms. The monoisotopic (exact) mass is 435 g/mol. The van der Waals surface area contributed by atoms with Gasteiger partial charge in [0, 0.05) is 28.7 Å². The van der Waals surface area contributed by atoms with Crippen LogP contribution in [-0.2, 0) is 22.2 Å². The normalized spacial score (nSPS) is 19.3. The zero-order valence-corrected chi connectivity index (χ0v) is 16.2. The quantitative estimate of drug-likeness (QED) is 0.663. The maximum atomic E-state index is 14.0. The van der Waals surface area contributed by atoms with Gasteiger partial charge in [-0.2, -0.15) is 18.3 Å². The molecule has 0 saturated heterocycles. The highest BCUT2D eigenvalue weighted by atomic mass is 35.5. The van der Waals surface area contributed by atoms with Crippen molar-refractivity contribution in [3.8, 4) is 0 Å². The van der Waals surface area contributed by atoms with Gasteiger partial charge in [0.15, 0.2) is 0 Å². The fourth-order valence-corrected chi connectivity index (χ4v) is 3.36. The molecule has 2 aromatic rings. The van der Waals surface area contributed by atoms with E-state index in [-0.39, 0.29) is 39.3 Å². The highest BCUT2D eigenvalue weighted by molar-refractivity contribution is 6.34. The molecule has 1 unspecified atom stereocenters. The van der Waals surface area contributed by atoms with Crippen molar-refractivity contribution in [2.45, 2.75) is 25.1 Å². The third-order valence-electron chi connectivity index (χ3n) is 4.17. The number of nitrogens with zero attached hydrogens (tertiary/aromatic N) is 3. The molecule has 0 aliphatic carbocycles. The van der Waals surface area contributed by atoms with Crippen LogP contribution in [0.15, 0.2) is 29.4 Å².